The number of hydrogen-bond donors (Lipinski definition) is 0. The highest BCUT2D eigenvalue weighted by Crippen LogP contribution is 2.32. The van der Waals surface area contributed by atoms with Crippen molar-refractivity contribution < 1.29 is 9.23 Å². The molecular formula is C12H12ClFN2O. The maximum absolute atomic E-state index is 13.8. The third-order valence-corrected chi connectivity index (χ3v) is 3.49. The summed E-state index contributed by atoms with van der Waals surface area (Å²) < 4.78 is 13.8. The zero-order valence-corrected chi connectivity index (χ0v) is 9.95. The summed E-state index contributed by atoms with van der Waals surface area (Å²) in [6.45, 7) is 2.25. The highest BCUT2D eigenvalue weighted by Gasteiger charge is 2.32. The lowest BCUT2D eigenvalue weighted by atomic mass is 9.98. The molecule has 3 rings (SSSR count). The summed E-state index contributed by atoms with van der Waals surface area (Å²) in [6, 6.07) is 4.87. The molecule has 2 heterocycles. The Morgan fingerprint density at radius 2 is 2.35 bits per heavy atom. The highest BCUT2D eigenvalue weighted by molar-refractivity contribution is 6.30. The van der Waals surface area contributed by atoms with E-state index in [1.807, 2.05) is 0 Å². The molecule has 17 heavy (non-hydrogen) atoms. The predicted molar refractivity (Wildman–Crippen MR) is 63.7 cm³/mol. The second-order valence-electron chi connectivity index (χ2n) is 4.35. The molecule has 1 unspecified atom stereocenters. The Balaban J connectivity index is 1.86. The smallest absolute Gasteiger partial charge is 0.145 e. The van der Waals surface area contributed by atoms with Crippen molar-refractivity contribution in [2.45, 2.75) is 12.3 Å². The summed E-state index contributed by atoms with van der Waals surface area (Å²) >= 11 is 5.75. The van der Waals surface area contributed by atoms with Crippen LogP contribution in [0.15, 0.2) is 23.4 Å². The Hall–Kier alpha value is -1.29. The van der Waals surface area contributed by atoms with E-state index in [2.05, 4.69) is 10.1 Å². The van der Waals surface area contributed by atoms with Gasteiger partial charge in [0.15, 0.2) is 0 Å². The van der Waals surface area contributed by atoms with Gasteiger partial charge in [-0.25, -0.2) is 4.39 Å². The molecule has 1 aromatic rings. The van der Waals surface area contributed by atoms with Crippen LogP contribution in [0.1, 0.15) is 17.9 Å². The second kappa shape index (κ2) is 4.18. The number of benzene rings is 1. The molecule has 1 atom stereocenters. The normalized spacial score (nSPS) is 23.1. The van der Waals surface area contributed by atoms with Gasteiger partial charge in [0.2, 0.25) is 0 Å². The van der Waals surface area contributed by atoms with Gasteiger partial charge in [0, 0.05) is 23.9 Å². The van der Waals surface area contributed by atoms with Crippen LogP contribution in [0.4, 0.5) is 4.39 Å². The Morgan fingerprint density at radius 1 is 1.47 bits per heavy atom. The van der Waals surface area contributed by atoms with E-state index in [-0.39, 0.29) is 11.7 Å². The molecule has 3 nitrogen and oxygen atoms in total. The van der Waals surface area contributed by atoms with Gasteiger partial charge in [-0.3, -0.25) is 0 Å². The molecular weight excluding hydrogens is 243 g/mol. The van der Waals surface area contributed by atoms with Crippen molar-refractivity contribution in [1.29, 1.82) is 0 Å². The van der Waals surface area contributed by atoms with Crippen molar-refractivity contribution >= 4 is 17.4 Å². The van der Waals surface area contributed by atoms with Crippen LogP contribution in [0.2, 0.25) is 5.02 Å². The van der Waals surface area contributed by atoms with Crippen molar-refractivity contribution in [2.24, 2.45) is 5.16 Å². The van der Waals surface area contributed by atoms with Crippen molar-refractivity contribution in [3.63, 3.8) is 0 Å². The molecule has 1 saturated heterocycles. The van der Waals surface area contributed by atoms with E-state index in [0.29, 0.717) is 17.2 Å². The van der Waals surface area contributed by atoms with E-state index in [0.717, 1.165) is 25.3 Å². The van der Waals surface area contributed by atoms with Gasteiger partial charge in [-0.15, -0.1) is 0 Å². The van der Waals surface area contributed by atoms with Gasteiger partial charge in [-0.05, 0) is 17.7 Å². The molecule has 5 heteroatoms. The number of nitrogens with zero attached hydrogens (tertiary/aromatic N) is 2. The van der Waals surface area contributed by atoms with Crippen molar-refractivity contribution in [2.75, 3.05) is 19.7 Å². The maximum Gasteiger partial charge on any atom is 0.145 e. The molecule has 2 aliphatic heterocycles. The molecule has 0 bridgehead atoms. The van der Waals surface area contributed by atoms with Crippen molar-refractivity contribution in [3.05, 3.63) is 34.6 Å². The quantitative estimate of drug-likeness (QED) is 0.770. The first-order valence-corrected chi connectivity index (χ1v) is 6.00. The minimum atomic E-state index is -0.233. The summed E-state index contributed by atoms with van der Waals surface area (Å²) in [5.74, 6) is 0.840. The van der Waals surface area contributed by atoms with E-state index >= 15 is 0 Å². The van der Waals surface area contributed by atoms with Gasteiger partial charge < -0.3 is 9.74 Å². The van der Waals surface area contributed by atoms with E-state index in [1.54, 1.807) is 12.1 Å². The highest BCUT2D eigenvalue weighted by atomic mass is 35.5. The number of halogens is 2. The fraction of sp³-hybridized carbons (Fsp3) is 0.417. The molecule has 0 N–H and O–H groups in total. The average Bonchev–Trinajstić information content (AvgIpc) is 2.72. The van der Waals surface area contributed by atoms with Crippen LogP contribution in [0.25, 0.3) is 0 Å². The standard InChI is InChI=1S/C12H12ClFN2O/c13-9-1-2-10(11(14)6-9)8-5-12-15-17-4-3-16(12)7-8/h1-2,6,8H,3-5,7H2. The van der Waals surface area contributed by atoms with E-state index in [1.165, 1.54) is 6.07 Å². The van der Waals surface area contributed by atoms with Crippen molar-refractivity contribution in [3.8, 4) is 0 Å². The van der Waals surface area contributed by atoms with Gasteiger partial charge in [0.05, 0.1) is 6.54 Å². The summed E-state index contributed by atoms with van der Waals surface area (Å²) in [5, 5.41) is 4.44. The van der Waals surface area contributed by atoms with Crippen LogP contribution in [-0.2, 0) is 4.84 Å². The summed E-state index contributed by atoms with van der Waals surface area (Å²) in [6.07, 6.45) is 0.735. The third kappa shape index (κ3) is 1.97. The number of amidine groups is 1. The maximum atomic E-state index is 13.8. The lowest BCUT2D eigenvalue weighted by Gasteiger charge is -2.21. The van der Waals surface area contributed by atoms with Gasteiger partial charge in [0.1, 0.15) is 18.3 Å². The minimum absolute atomic E-state index is 0.146. The molecule has 0 radical (unpaired) electrons. The van der Waals surface area contributed by atoms with E-state index < -0.39 is 0 Å². The molecule has 0 aromatic heterocycles. The minimum Gasteiger partial charge on any atom is -0.392 e. The number of fused-ring (bicyclic) bond motifs is 1. The zero-order valence-electron chi connectivity index (χ0n) is 9.20. The Bertz CT molecular complexity index is 478. The monoisotopic (exact) mass is 254 g/mol. The molecule has 1 fully saturated rings. The van der Waals surface area contributed by atoms with Crippen LogP contribution >= 0.6 is 11.6 Å². The first kappa shape index (κ1) is 10.8. The molecule has 0 saturated carbocycles. The van der Waals surface area contributed by atoms with Crippen LogP contribution < -0.4 is 0 Å². The Morgan fingerprint density at radius 3 is 3.12 bits per heavy atom. The van der Waals surface area contributed by atoms with E-state index in [4.69, 9.17) is 16.4 Å². The Kier molecular flexibility index (Phi) is 2.67. The van der Waals surface area contributed by atoms with E-state index in [9.17, 15) is 4.39 Å². The summed E-state index contributed by atoms with van der Waals surface area (Å²) in [4.78, 5) is 7.20. The molecule has 0 amide bonds. The number of oxime groups is 1. The molecule has 0 spiro atoms. The first-order chi connectivity index (χ1) is 8.24. The predicted octanol–water partition coefficient (Wildman–Crippen LogP) is 2.61. The zero-order chi connectivity index (χ0) is 11.8. The van der Waals surface area contributed by atoms with Crippen LogP contribution in [-0.4, -0.2) is 30.4 Å². The van der Waals surface area contributed by atoms with Gasteiger partial charge in [0.25, 0.3) is 0 Å². The Labute approximate surface area is 104 Å². The fourth-order valence-corrected chi connectivity index (χ4v) is 2.57. The fourth-order valence-electron chi connectivity index (χ4n) is 2.41. The van der Waals surface area contributed by atoms with Gasteiger partial charge >= 0.3 is 0 Å². The largest absolute Gasteiger partial charge is 0.392 e. The van der Waals surface area contributed by atoms with Crippen molar-refractivity contribution in [1.82, 2.24) is 4.90 Å². The topological polar surface area (TPSA) is 24.8 Å². The molecule has 0 aliphatic carbocycles. The van der Waals surface area contributed by atoms with Crippen LogP contribution in [0.3, 0.4) is 0 Å². The van der Waals surface area contributed by atoms with Crippen LogP contribution in [0.5, 0.6) is 0 Å². The molecule has 1 aromatic carbocycles. The molecule has 2 aliphatic rings. The van der Waals surface area contributed by atoms with Gasteiger partial charge in [-0.2, -0.15) is 0 Å². The number of hydrogen-bond acceptors (Lipinski definition) is 3. The summed E-state index contributed by atoms with van der Waals surface area (Å²) in [5.41, 5.74) is 0.714. The summed E-state index contributed by atoms with van der Waals surface area (Å²) in [7, 11) is 0. The number of rotatable bonds is 1. The third-order valence-electron chi connectivity index (χ3n) is 3.26. The first-order valence-electron chi connectivity index (χ1n) is 5.63. The SMILES string of the molecule is Fc1cc(Cl)ccc1C1CC2=NOCCN2C1. The average molecular weight is 255 g/mol. The van der Waals surface area contributed by atoms with Gasteiger partial charge in [-0.1, -0.05) is 22.8 Å². The lowest BCUT2D eigenvalue weighted by molar-refractivity contribution is 0.106. The van der Waals surface area contributed by atoms with Crippen LogP contribution in [0, 0.1) is 5.82 Å². The second-order valence-corrected chi connectivity index (χ2v) is 4.79. The lowest BCUT2D eigenvalue weighted by Crippen LogP contribution is -2.32. The molecule has 90 valence electrons.